The second kappa shape index (κ2) is 8.01. The molecule has 1 aromatic rings. The predicted octanol–water partition coefficient (Wildman–Crippen LogP) is 1.49. The summed E-state index contributed by atoms with van der Waals surface area (Å²) in [5, 5.41) is 12.8. The molecule has 0 N–H and O–H groups in total. The monoisotopic (exact) mass is 367 g/mol. The summed E-state index contributed by atoms with van der Waals surface area (Å²) in [6.07, 6.45) is 6.55. The van der Waals surface area contributed by atoms with Crippen molar-refractivity contribution in [3.63, 3.8) is 0 Å². The summed E-state index contributed by atoms with van der Waals surface area (Å²) in [7, 11) is 0. The number of tetrazole rings is 1. The van der Waals surface area contributed by atoms with E-state index in [1.165, 1.54) is 24.6 Å². The van der Waals surface area contributed by atoms with E-state index in [2.05, 4.69) is 15.5 Å². The fourth-order valence-electron chi connectivity index (χ4n) is 3.95. The van der Waals surface area contributed by atoms with Crippen molar-refractivity contribution in [1.82, 2.24) is 25.1 Å². The van der Waals surface area contributed by atoms with E-state index in [0.717, 1.165) is 43.9 Å². The lowest BCUT2D eigenvalue weighted by Gasteiger charge is -2.33. The molecule has 1 aliphatic carbocycles. The summed E-state index contributed by atoms with van der Waals surface area (Å²) in [4.78, 5) is 14.5. The van der Waals surface area contributed by atoms with Crippen molar-refractivity contribution < 1.29 is 14.3 Å². The molecule has 4 rings (SSSR count). The van der Waals surface area contributed by atoms with Gasteiger partial charge in [0.2, 0.25) is 11.1 Å². The number of carbonyl (C=O) groups is 1. The third kappa shape index (κ3) is 3.98. The number of piperidine rings is 1. The van der Waals surface area contributed by atoms with Crippen molar-refractivity contribution in [2.75, 3.05) is 32.1 Å². The van der Waals surface area contributed by atoms with E-state index < -0.39 is 0 Å². The van der Waals surface area contributed by atoms with E-state index >= 15 is 0 Å². The zero-order valence-corrected chi connectivity index (χ0v) is 15.2. The molecule has 0 unspecified atom stereocenters. The van der Waals surface area contributed by atoms with Crippen LogP contribution in [0.15, 0.2) is 5.16 Å². The number of ether oxygens (including phenoxy) is 2. The van der Waals surface area contributed by atoms with Gasteiger partial charge in [0.25, 0.3) is 0 Å². The van der Waals surface area contributed by atoms with Crippen molar-refractivity contribution in [2.45, 2.75) is 56.0 Å². The molecule has 3 fully saturated rings. The molecule has 3 heterocycles. The molecule has 8 nitrogen and oxygen atoms in total. The maximum Gasteiger partial charge on any atom is 0.233 e. The van der Waals surface area contributed by atoms with E-state index in [1.807, 2.05) is 9.58 Å². The normalized spacial score (nSPS) is 23.6. The van der Waals surface area contributed by atoms with Crippen molar-refractivity contribution in [1.29, 1.82) is 0 Å². The second-order valence-corrected chi connectivity index (χ2v) is 7.90. The smallest absolute Gasteiger partial charge is 0.233 e. The first-order valence-electron chi connectivity index (χ1n) is 9.23. The van der Waals surface area contributed by atoms with Gasteiger partial charge in [0.1, 0.15) is 0 Å². The highest BCUT2D eigenvalue weighted by atomic mass is 32.2. The van der Waals surface area contributed by atoms with Crippen LogP contribution in [0.3, 0.4) is 0 Å². The quantitative estimate of drug-likeness (QED) is 0.729. The highest BCUT2D eigenvalue weighted by Gasteiger charge is 2.32. The van der Waals surface area contributed by atoms with Crippen LogP contribution < -0.4 is 0 Å². The van der Waals surface area contributed by atoms with Crippen LogP contribution in [0.2, 0.25) is 0 Å². The van der Waals surface area contributed by atoms with Gasteiger partial charge in [0.15, 0.2) is 6.29 Å². The molecule has 1 aromatic heterocycles. The Hall–Kier alpha value is -1.19. The average molecular weight is 367 g/mol. The molecule has 0 spiro atoms. The number of nitrogens with zero attached hydrogens (tertiary/aromatic N) is 5. The molecule has 0 bridgehead atoms. The van der Waals surface area contributed by atoms with E-state index in [0.29, 0.717) is 30.9 Å². The molecular formula is C16H25N5O3S. The Kier molecular flexibility index (Phi) is 5.52. The number of thioether (sulfide) groups is 1. The standard InChI is InChI=1S/C16H25N5O3S/c22-14(20-7-5-12(6-8-20)15-23-9-10-24-15)11-25-16-17-18-19-21(16)13-3-1-2-4-13/h12-13,15H,1-11H2. The minimum Gasteiger partial charge on any atom is -0.350 e. The fraction of sp³-hybridized carbons (Fsp3) is 0.875. The van der Waals surface area contributed by atoms with Crippen LogP contribution >= 0.6 is 11.8 Å². The Labute approximate surface area is 151 Å². The van der Waals surface area contributed by atoms with E-state index in [-0.39, 0.29) is 12.2 Å². The highest BCUT2D eigenvalue weighted by Crippen LogP contribution is 2.31. The lowest BCUT2D eigenvalue weighted by atomic mass is 9.96. The average Bonchev–Trinajstić information content (AvgIpc) is 3.41. The molecule has 0 radical (unpaired) electrons. The van der Waals surface area contributed by atoms with Gasteiger partial charge in [-0.25, -0.2) is 4.68 Å². The lowest BCUT2D eigenvalue weighted by Crippen LogP contribution is -2.42. The van der Waals surface area contributed by atoms with E-state index in [4.69, 9.17) is 9.47 Å². The second-order valence-electron chi connectivity index (χ2n) is 6.96. The van der Waals surface area contributed by atoms with Gasteiger partial charge in [0.05, 0.1) is 25.0 Å². The topological polar surface area (TPSA) is 82.4 Å². The zero-order chi connectivity index (χ0) is 17.1. The van der Waals surface area contributed by atoms with Crippen molar-refractivity contribution in [3.8, 4) is 0 Å². The third-order valence-corrected chi connectivity index (χ3v) is 6.30. The molecule has 1 amide bonds. The van der Waals surface area contributed by atoms with E-state index in [9.17, 15) is 4.79 Å². The zero-order valence-electron chi connectivity index (χ0n) is 14.4. The number of carbonyl (C=O) groups excluding carboxylic acids is 1. The van der Waals surface area contributed by atoms with Gasteiger partial charge in [0, 0.05) is 19.0 Å². The first-order chi connectivity index (χ1) is 12.3. The fourth-order valence-corrected chi connectivity index (χ4v) is 4.79. The number of likely N-dealkylation sites (tertiary alicyclic amines) is 1. The van der Waals surface area contributed by atoms with Gasteiger partial charge in [-0.2, -0.15) is 0 Å². The first kappa shape index (κ1) is 17.2. The largest absolute Gasteiger partial charge is 0.350 e. The molecule has 25 heavy (non-hydrogen) atoms. The Bertz CT molecular complexity index is 578. The van der Waals surface area contributed by atoms with Gasteiger partial charge in [-0.3, -0.25) is 4.79 Å². The minimum atomic E-state index is -0.0670. The molecule has 138 valence electrons. The van der Waals surface area contributed by atoms with Crippen LogP contribution in [0.5, 0.6) is 0 Å². The molecular weight excluding hydrogens is 342 g/mol. The molecule has 0 atom stereocenters. The van der Waals surface area contributed by atoms with Crippen LogP contribution in [0.25, 0.3) is 0 Å². The number of hydrogen-bond acceptors (Lipinski definition) is 7. The van der Waals surface area contributed by atoms with Crippen LogP contribution in [0.4, 0.5) is 0 Å². The Balaban J connectivity index is 1.25. The van der Waals surface area contributed by atoms with Crippen LogP contribution in [0, 0.1) is 5.92 Å². The van der Waals surface area contributed by atoms with Crippen LogP contribution in [0.1, 0.15) is 44.6 Å². The summed E-state index contributed by atoms with van der Waals surface area (Å²) in [6, 6.07) is 0.398. The summed E-state index contributed by atoms with van der Waals surface area (Å²) >= 11 is 1.45. The summed E-state index contributed by atoms with van der Waals surface area (Å²) < 4.78 is 13.1. The first-order valence-corrected chi connectivity index (χ1v) is 10.2. The Morgan fingerprint density at radius 3 is 2.56 bits per heavy atom. The van der Waals surface area contributed by atoms with Crippen molar-refractivity contribution in [3.05, 3.63) is 0 Å². The van der Waals surface area contributed by atoms with Gasteiger partial charge in [-0.15, -0.1) is 5.10 Å². The van der Waals surface area contributed by atoms with Crippen molar-refractivity contribution >= 4 is 17.7 Å². The molecule has 2 saturated heterocycles. The maximum atomic E-state index is 12.5. The van der Waals surface area contributed by atoms with Gasteiger partial charge < -0.3 is 14.4 Å². The number of amides is 1. The Morgan fingerprint density at radius 1 is 1.12 bits per heavy atom. The SMILES string of the molecule is O=C(CSc1nnnn1C1CCCC1)N1CCC(C2OCCO2)CC1. The van der Waals surface area contributed by atoms with Crippen molar-refractivity contribution in [2.24, 2.45) is 5.92 Å². The number of rotatable bonds is 5. The summed E-state index contributed by atoms with van der Waals surface area (Å²) in [6.45, 7) is 2.94. The predicted molar refractivity (Wildman–Crippen MR) is 91.0 cm³/mol. The van der Waals surface area contributed by atoms with Crippen LogP contribution in [-0.2, 0) is 14.3 Å². The van der Waals surface area contributed by atoms with Gasteiger partial charge in [-0.05, 0) is 36.1 Å². The molecule has 9 heteroatoms. The Morgan fingerprint density at radius 2 is 1.84 bits per heavy atom. The lowest BCUT2D eigenvalue weighted by molar-refractivity contribution is -0.134. The number of aromatic nitrogens is 4. The molecule has 2 aliphatic heterocycles. The summed E-state index contributed by atoms with van der Waals surface area (Å²) in [5.74, 6) is 0.973. The molecule has 3 aliphatic rings. The molecule has 0 aromatic carbocycles. The van der Waals surface area contributed by atoms with E-state index in [1.54, 1.807) is 0 Å². The van der Waals surface area contributed by atoms with Gasteiger partial charge >= 0.3 is 0 Å². The highest BCUT2D eigenvalue weighted by molar-refractivity contribution is 7.99. The maximum absolute atomic E-state index is 12.5. The van der Waals surface area contributed by atoms with Crippen LogP contribution in [-0.4, -0.2) is 69.4 Å². The number of hydrogen-bond donors (Lipinski definition) is 0. The third-order valence-electron chi connectivity index (χ3n) is 5.38. The minimum absolute atomic E-state index is 0.0670. The van der Waals surface area contributed by atoms with Gasteiger partial charge in [-0.1, -0.05) is 24.6 Å². The molecule has 1 saturated carbocycles. The summed E-state index contributed by atoms with van der Waals surface area (Å²) in [5.41, 5.74) is 0.